The van der Waals surface area contributed by atoms with Gasteiger partial charge in [-0.2, -0.15) is 0 Å². The summed E-state index contributed by atoms with van der Waals surface area (Å²) in [5, 5.41) is 59.2. The Hall–Kier alpha value is -4.49. The minimum Gasteiger partial charge on any atom is -0.480 e. The van der Waals surface area contributed by atoms with Crippen molar-refractivity contribution in [3.8, 4) is 0 Å². The summed E-state index contributed by atoms with van der Waals surface area (Å²) in [6.45, 7) is 9.87. The van der Waals surface area contributed by atoms with Gasteiger partial charge in [-0.3, -0.25) is 28.8 Å². The standard InChI is InChI=1S/C11H19NO5.C10H13NO6.C7H15NO2.C4H9NO2/c1-7(2)6-8(10(14)15)12-5-3-4-9(13)11(16)17;12-7(10(16)17)2-1-5-11-6(9(14)15)3-4-8(11)13;1-5(2)4-6(8-3)7(9)10;1-3(5-2)4(6)7/h7-8,12H,3-6H2,1-2H3,(H,14,15)(H,16,17);6H,1-5H2,(H,14,15)(H,16,17);5-6,8H,4H2,1-3H3,(H,9,10);3,5H,1-2H3,(H,6,7)/t8-;2*6-;3-/m0000/s1. The van der Waals surface area contributed by atoms with Gasteiger partial charge in [0.05, 0.1) is 0 Å². The molecule has 0 saturated carbocycles. The van der Waals surface area contributed by atoms with Gasteiger partial charge in [0.2, 0.25) is 17.5 Å². The molecule has 294 valence electrons. The van der Waals surface area contributed by atoms with Crippen LogP contribution < -0.4 is 16.0 Å². The van der Waals surface area contributed by atoms with Gasteiger partial charge in [-0.1, -0.05) is 27.7 Å². The molecule has 1 aliphatic heterocycles. The van der Waals surface area contributed by atoms with E-state index < -0.39 is 65.5 Å². The van der Waals surface area contributed by atoms with Crippen LogP contribution in [0.25, 0.3) is 0 Å². The molecule has 19 heteroatoms. The lowest BCUT2D eigenvalue weighted by Gasteiger charge is -2.20. The molecule has 19 nitrogen and oxygen atoms in total. The average Bonchev–Trinajstić information content (AvgIpc) is 3.40. The van der Waals surface area contributed by atoms with Crippen LogP contribution in [-0.2, 0) is 43.2 Å². The molecular weight excluding hydrogens is 680 g/mol. The van der Waals surface area contributed by atoms with Crippen LogP contribution in [0.4, 0.5) is 0 Å². The Morgan fingerprint density at radius 1 is 0.686 bits per heavy atom. The molecule has 0 aromatic rings. The number of carboxylic acid groups (broad SMARTS) is 6. The van der Waals surface area contributed by atoms with E-state index in [1.807, 2.05) is 27.7 Å². The van der Waals surface area contributed by atoms with E-state index in [1.165, 1.54) is 4.90 Å². The van der Waals surface area contributed by atoms with Crippen molar-refractivity contribution in [3.63, 3.8) is 0 Å². The molecule has 0 spiro atoms. The number of carboxylic acids is 6. The molecule has 0 aromatic carbocycles. The van der Waals surface area contributed by atoms with Crippen LogP contribution in [0, 0.1) is 11.8 Å². The van der Waals surface area contributed by atoms with Crippen LogP contribution in [0.15, 0.2) is 0 Å². The normalized spacial score (nSPS) is 15.1. The molecule has 51 heavy (non-hydrogen) atoms. The third-order valence-corrected chi connectivity index (χ3v) is 7.03. The average molecular weight is 737 g/mol. The molecule has 1 amide bonds. The summed E-state index contributed by atoms with van der Waals surface area (Å²) in [4.78, 5) is 96.5. The van der Waals surface area contributed by atoms with E-state index in [9.17, 15) is 43.2 Å². The Bertz CT molecular complexity index is 1160. The smallest absolute Gasteiger partial charge is 0.372 e. The second kappa shape index (κ2) is 28.2. The van der Waals surface area contributed by atoms with E-state index in [0.29, 0.717) is 31.7 Å². The van der Waals surface area contributed by atoms with Crippen molar-refractivity contribution in [1.29, 1.82) is 0 Å². The Morgan fingerprint density at radius 3 is 1.45 bits per heavy atom. The van der Waals surface area contributed by atoms with Crippen LogP contribution >= 0.6 is 0 Å². The maximum Gasteiger partial charge on any atom is 0.372 e. The molecule has 1 rings (SSSR count). The van der Waals surface area contributed by atoms with Crippen molar-refractivity contribution in [2.24, 2.45) is 11.8 Å². The van der Waals surface area contributed by atoms with Gasteiger partial charge in [-0.25, -0.2) is 14.4 Å². The van der Waals surface area contributed by atoms with E-state index >= 15 is 0 Å². The summed E-state index contributed by atoms with van der Waals surface area (Å²) >= 11 is 0. The van der Waals surface area contributed by atoms with Gasteiger partial charge in [0.15, 0.2) is 0 Å². The number of hydrogen-bond donors (Lipinski definition) is 9. The summed E-state index contributed by atoms with van der Waals surface area (Å²) in [5.41, 5.74) is 0. The maximum atomic E-state index is 11.4. The number of nitrogens with zero attached hydrogens (tertiary/aromatic N) is 1. The van der Waals surface area contributed by atoms with Crippen LogP contribution in [-0.4, -0.2) is 140 Å². The zero-order chi connectivity index (χ0) is 40.4. The molecule has 9 N–H and O–H groups in total. The largest absolute Gasteiger partial charge is 0.480 e. The Kier molecular flexibility index (Phi) is 28.2. The summed E-state index contributed by atoms with van der Waals surface area (Å²) < 4.78 is 0. The first-order valence-electron chi connectivity index (χ1n) is 16.3. The first-order chi connectivity index (χ1) is 23.5. The minimum atomic E-state index is -1.51. The van der Waals surface area contributed by atoms with Crippen LogP contribution in [0.5, 0.6) is 0 Å². The maximum absolute atomic E-state index is 11.4. The number of nitrogens with one attached hydrogen (secondary N) is 3. The quantitative estimate of drug-likeness (QED) is 0.0568. The van der Waals surface area contributed by atoms with E-state index in [2.05, 4.69) is 16.0 Å². The van der Waals surface area contributed by atoms with Crippen molar-refractivity contribution >= 4 is 53.3 Å². The lowest BCUT2D eigenvalue weighted by molar-refractivity contribution is -0.149. The Labute approximate surface area is 297 Å². The number of hydrogen-bond acceptors (Lipinski definition) is 12. The number of aliphatic carboxylic acids is 6. The molecule has 0 radical (unpaired) electrons. The van der Waals surface area contributed by atoms with Gasteiger partial charge >= 0.3 is 35.8 Å². The number of carbonyl (C=O) groups excluding carboxylic acids is 3. The molecule has 0 aliphatic carbocycles. The van der Waals surface area contributed by atoms with Crippen LogP contribution in [0.3, 0.4) is 0 Å². The Morgan fingerprint density at radius 2 is 1.14 bits per heavy atom. The second-order valence-corrected chi connectivity index (χ2v) is 12.3. The fourth-order valence-electron chi connectivity index (χ4n) is 4.10. The molecule has 4 atom stereocenters. The third kappa shape index (κ3) is 26.0. The van der Waals surface area contributed by atoms with Crippen molar-refractivity contribution in [1.82, 2.24) is 20.9 Å². The van der Waals surface area contributed by atoms with Crippen molar-refractivity contribution in [3.05, 3.63) is 0 Å². The topological polar surface area (TPSA) is 314 Å². The molecule has 1 fully saturated rings. The highest BCUT2D eigenvalue weighted by molar-refractivity contribution is 6.33. The van der Waals surface area contributed by atoms with Crippen molar-refractivity contribution < 1.29 is 73.8 Å². The van der Waals surface area contributed by atoms with Gasteiger partial charge in [-0.05, 0) is 71.5 Å². The number of likely N-dealkylation sites (N-methyl/N-ethyl adjacent to an activating group) is 2. The van der Waals surface area contributed by atoms with Gasteiger partial charge in [-0.15, -0.1) is 0 Å². The Balaban J connectivity index is -0.000000637. The van der Waals surface area contributed by atoms with E-state index in [4.69, 9.17) is 30.6 Å². The van der Waals surface area contributed by atoms with Gasteiger partial charge in [0, 0.05) is 25.8 Å². The first kappa shape index (κ1) is 50.9. The lowest BCUT2D eigenvalue weighted by Crippen LogP contribution is -2.39. The highest BCUT2D eigenvalue weighted by Crippen LogP contribution is 2.19. The van der Waals surface area contributed by atoms with E-state index in [0.717, 1.165) is 0 Å². The summed E-state index contributed by atoms with van der Waals surface area (Å²) in [7, 11) is 3.28. The summed E-state index contributed by atoms with van der Waals surface area (Å²) in [6.07, 6.45) is 1.87. The molecular formula is C32H56N4O15. The number of rotatable bonds is 21. The highest BCUT2D eigenvalue weighted by Gasteiger charge is 2.35. The summed E-state index contributed by atoms with van der Waals surface area (Å²) in [5.74, 6) is -7.89. The fraction of sp³-hybridized carbons (Fsp3) is 0.719. The number of carbonyl (C=O) groups is 9. The van der Waals surface area contributed by atoms with Gasteiger partial charge < -0.3 is 51.5 Å². The zero-order valence-corrected chi connectivity index (χ0v) is 30.3. The van der Waals surface area contributed by atoms with Gasteiger partial charge in [0.1, 0.15) is 24.2 Å². The lowest BCUT2D eigenvalue weighted by atomic mass is 10.0. The van der Waals surface area contributed by atoms with E-state index in [1.54, 1.807) is 21.0 Å². The number of ketones is 2. The van der Waals surface area contributed by atoms with E-state index in [-0.39, 0.29) is 56.5 Å². The molecule has 0 bridgehead atoms. The molecule has 0 aromatic heterocycles. The number of likely N-dealkylation sites (tertiary alicyclic amines) is 1. The van der Waals surface area contributed by atoms with Crippen LogP contribution in [0.1, 0.15) is 86.0 Å². The fourth-order valence-corrected chi connectivity index (χ4v) is 4.10. The van der Waals surface area contributed by atoms with Crippen LogP contribution in [0.2, 0.25) is 0 Å². The molecule has 1 saturated heterocycles. The molecule has 1 heterocycles. The number of Topliss-reactive ketones (excluding diaryl/α,β-unsaturated/α-hetero) is 2. The number of amides is 1. The summed E-state index contributed by atoms with van der Waals surface area (Å²) in [6, 6.07) is -2.31. The first-order valence-corrected chi connectivity index (χ1v) is 16.3. The van der Waals surface area contributed by atoms with Crippen molar-refractivity contribution in [2.75, 3.05) is 27.2 Å². The zero-order valence-electron chi connectivity index (χ0n) is 30.3. The van der Waals surface area contributed by atoms with Gasteiger partial charge in [0.25, 0.3) is 0 Å². The second-order valence-electron chi connectivity index (χ2n) is 12.3. The highest BCUT2D eigenvalue weighted by atomic mass is 16.4. The third-order valence-electron chi connectivity index (χ3n) is 7.03. The predicted molar refractivity (Wildman–Crippen MR) is 181 cm³/mol. The monoisotopic (exact) mass is 736 g/mol. The van der Waals surface area contributed by atoms with Crippen molar-refractivity contribution in [2.45, 2.75) is 110 Å². The SMILES string of the molecule is CC(C)C[C@H](NCCCC(=O)C(=O)O)C(=O)O.CN[C@@H](C)C(=O)O.CN[C@@H](CC(C)C)C(=O)O.O=C(O)C(=O)CCCN1C(=O)CC[C@H]1C(=O)O. The minimum absolute atomic E-state index is 0.0731. The molecule has 1 aliphatic rings. The molecule has 0 unspecified atom stereocenters. The predicted octanol–water partition coefficient (Wildman–Crippen LogP) is 0.389.